The molecule has 0 saturated carbocycles. The Labute approximate surface area is 143 Å². The molecule has 0 amide bonds. The third-order valence-electron chi connectivity index (χ3n) is 5.58. The van der Waals surface area contributed by atoms with Crippen LogP contribution in [0.25, 0.3) is 0 Å². The minimum absolute atomic E-state index is 0.0415. The third-order valence-corrected chi connectivity index (χ3v) is 5.58. The van der Waals surface area contributed by atoms with Gasteiger partial charge in [-0.15, -0.1) is 0 Å². The van der Waals surface area contributed by atoms with Crippen LogP contribution in [0.2, 0.25) is 0 Å². The van der Waals surface area contributed by atoms with Crippen LogP contribution in [-0.4, -0.2) is 36.3 Å². The summed E-state index contributed by atoms with van der Waals surface area (Å²) >= 11 is 0. The van der Waals surface area contributed by atoms with E-state index in [2.05, 4.69) is 67.8 Å². The predicted molar refractivity (Wildman–Crippen MR) is 99.2 cm³/mol. The molecule has 1 aliphatic rings. The number of hydrogen-bond donors (Lipinski definition) is 1. The zero-order chi connectivity index (χ0) is 17.6. The number of rotatable bonds is 2. The van der Waals surface area contributed by atoms with E-state index in [4.69, 9.17) is 0 Å². The first kappa shape index (κ1) is 18.3. The Bertz CT molecular complexity index is 573. The highest BCUT2D eigenvalue weighted by Gasteiger charge is 2.35. The molecule has 0 radical (unpaired) electrons. The van der Waals surface area contributed by atoms with E-state index in [1.54, 1.807) is 0 Å². The molecule has 1 heterocycles. The predicted octanol–water partition coefficient (Wildman–Crippen LogP) is 4.77. The monoisotopic (exact) mass is 318 g/mol. The summed E-state index contributed by atoms with van der Waals surface area (Å²) in [4.78, 5) is 0. The van der Waals surface area contributed by atoms with Crippen LogP contribution < -0.4 is 0 Å². The maximum absolute atomic E-state index is 10.9. The van der Waals surface area contributed by atoms with Crippen LogP contribution in [0, 0.1) is 0 Å². The van der Waals surface area contributed by atoms with Crippen LogP contribution in [0.15, 0.2) is 12.1 Å². The maximum Gasteiger partial charge on any atom is 0.122 e. The van der Waals surface area contributed by atoms with E-state index in [1.807, 2.05) is 0 Å². The largest absolute Gasteiger partial charge is 0.507 e. The zero-order valence-electron chi connectivity index (χ0n) is 16.5. The molecule has 1 aromatic rings. The molecule has 0 bridgehead atoms. The molecule has 0 aliphatic carbocycles. The lowest BCUT2D eigenvalue weighted by atomic mass is 9.78. The summed E-state index contributed by atoms with van der Waals surface area (Å²) in [6.07, 6.45) is 3.53. The molecule has 0 spiro atoms. The summed E-state index contributed by atoms with van der Waals surface area (Å²) in [5, 5.41) is 10.9. The van der Waals surface area contributed by atoms with Gasteiger partial charge in [-0.3, -0.25) is 0 Å². The lowest BCUT2D eigenvalue weighted by molar-refractivity contribution is -0.902. The summed E-state index contributed by atoms with van der Waals surface area (Å²) in [7, 11) is 4.65. The van der Waals surface area contributed by atoms with Gasteiger partial charge >= 0.3 is 0 Å². The van der Waals surface area contributed by atoms with Crippen molar-refractivity contribution < 1.29 is 9.59 Å². The van der Waals surface area contributed by atoms with Gasteiger partial charge in [-0.25, -0.2) is 0 Å². The summed E-state index contributed by atoms with van der Waals surface area (Å²) < 4.78 is 1.07. The average Bonchev–Trinajstić information content (AvgIpc) is 2.68. The first-order valence-electron chi connectivity index (χ1n) is 9.02. The number of aromatic hydroxyl groups is 1. The Balaban J connectivity index is 2.50. The molecular formula is C21H36NO+. The Morgan fingerprint density at radius 3 is 2.09 bits per heavy atom. The Hall–Kier alpha value is -1.02. The highest BCUT2D eigenvalue weighted by molar-refractivity contribution is 5.49. The smallest absolute Gasteiger partial charge is 0.122 e. The molecule has 2 nitrogen and oxygen atoms in total. The summed E-state index contributed by atoms with van der Waals surface area (Å²) in [5.41, 5.74) is 3.62. The molecule has 130 valence electrons. The number of hydrogen-bond acceptors (Lipinski definition) is 1. The van der Waals surface area contributed by atoms with Crippen molar-refractivity contribution in [2.45, 2.75) is 77.7 Å². The van der Waals surface area contributed by atoms with E-state index in [0.29, 0.717) is 11.8 Å². The molecule has 1 atom stereocenters. The van der Waals surface area contributed by atoms with E-state index in [0.717, 1.165) is 22.0 Å². The van der Waals surface area contributed by atoms with Gasteiger partial charge in [0.15, 0.2) is 0 Å². The van der Waals surface area contributed by atoms with Gasteiger partial charge in [-0.2, -0.15) is 0 Å². The minimum atomic E-state index is -0.0415. The van der Waals surface area contributed by atoms with Crippen molar-refractivity contribution in [1.82, 2.24) is 0 Å². The quantitative estimate of drug-likeness (QED) is 0.779. The molecule has 2 rings (SSSR count). The number of likely N-dealkylation sites (tertiary alicyclic amines) is 1. The first-order chi connectivity index (χ1) is 10.3. The number of quaternary nitrogens is 1. The van der Waals surface area contributed by atoms with Crippen molar-refractivity contribution >= 4 is 0 Å². The van der Waals surface area contributed by atoms with Crippen molar-refractivity contribution in [2.24, 2.45) is 0 Å². The molecule has 2 heteroatoms. The van der Waals surface area contributed by atoms with E-state index in [-0.39, 0.29) is 10.8 Å². The number of nitrogens with zero attached hydrogens (tertiary/aromatic N) is 1. The summed E-state index contributed by atoms with van der Waals surface area (Å²) in [6, 6.07) is 5.08. The summed E-state index contributed by atoms with van der Waals surface area (Å²) in [6.45, 7) is 14.6. The average molecular weight is 319 g/mol. The fourth-order valence-electron chi connectivity index (χ4n) is 3.72. The number of phenolic OH excluding ortho intramolecular Hbond substituents is 1. The molecule has 1 unspecified atom stereocenters. The fraction of sp³-hybridized carbons (Fsp3) is 0.714. The molecule has 1 saturated heterocycles. The third kappa shape index (κ3) is 3.91. The highest BCUT2D eigenvalue weighted by atomic mass is 16.3. The second kappa shape index (κ2) is 5.81. The highest BCUT2D eigenvalue weighted by Crippen LogP contribution is 2.39. The van der Waals surface area contributed by atoms with Crippen LogP contribution in [0.5, 0.6) is 5.75 Å². The van der Waals surface area contributed by atoms with Gasteiger partial charge < -0.3 is 9.59 Å². The SMILES string of the molecule is CC(C)(C)c1cc(CC2CCC[N+]2(C)C)c(O)c(C(C)(C)C)c1. The Morgan fingerprint density at radius 2 is 1.65 bits per heavy atom. The Morgan fingerprint density at radius 1 is 1.04 bits per heavy atom. The molecule has 1 fully saturated rings. The second-order valence-corrected chi connectivity index (χ2v) is 10.0. The second-order valence-electron chi connectivity index (χ2n) is 10.0. The first-order valence-corrected chi connectivity index (χ1v) is 9.02. The minimum Gasteiger partial charge on any atom is -0.507 e. The van der Waals surface area contributed by atoms with Crippen LogP contribution in [0.3, 0.4) is 0 Å². The van der Waals surface area contributed by atoms with Crippen LogP contribution in [0.4, 0.5) is 0 Å². The topological polar surface area (TPSA) is 20.2 Å². The van der Waals surface area contributed by atoms with Gasteiger partial charge in [-0.05, 0) is 22.0 Å². The van der Waals surface area contributed by atoms with Gasteiger partial charge in [0.25, 0.3) is 0 Å². The van der Waals surface area contributed by atoms with E-state index < -0.39 is 0 Å². The van der Waals surface area contributed by atoms with Crippen molar-refractivity contribution in [3.63, 3.8) is 0 Å². The number of phenols is 1. The normalized spacial score (nSPS) is 21.7. The fourth-order valence-corrected chi connectivity index (χ4v) is 3.72. The Kier molecular flexibility index (Phi) is 4.62. The van der Waals surface area contributed by atoms with E-state index in [9.17, 15) is 5.11 Å². The van der Waals surface area contributed by atoms with Gasteiger partial charge in [0.05, 0.1) is 26.7 Å². The summed E-state index contributed by atoms with van der Waals surface area (Å²) in [5.74, 6) is 0.525. The molecule has 0 aromatic heterocycles. The van der Waals surface area contributed by atoms with Crippen LogP contribution >= 0.6 is 0 Å². The molecule has 1 aliphatic heterocycles. The van der Waals surface area contributed by atoms with Crippen LogP contribution in [-0.2, 0) is 17.3 Å². The van der Waals surface area contributed by atoms with Crippen molar-refractivity contribution in [1.29, 1.82) is 0 Å². The lowest BCUT2D eigenvalue weighted by Gasteiger charge is -2.33. The van der Waals surface area contributed by atoms with Crippen LogP contribution in [0.1, 0.15) is 71.1 Å². The zero-order valence-corrected chi connectivity index (χ0v) is 16.5. The number of benzene rings is 1. The molecule has 1 N–H and O–H groups in total. The van der Waals surface area contributed by atoms with Gasteiger partial charge in [0.1, 0.15) is 5.75 Å². The van der Waals surface area contributed by atoms with Crippen molar-refractivity contribution in [2.75, 3.05) is 20.6 Å². The molecule has 23 heavy (non-hydrogen) atoms. The van der Waals surface area contributed by atoms with Gasteiger partial charge in [0.2, 0.25) is 0 Å². The standard InChI is InChI=1S/C21H35NO/c1-20(2,3)16-12-15(13-17-10-9-11-22(17,7)8)19(23)18(14-16)21(4,5)6/h12,14,17H,9-11,13H2,1-8H3/p+1. The lowest BCUT2D eigenvalue weighted by Crippen LogP contribution is -2.45. The van der Waals surface area contributed by atoms with Gasteiger partial charge in [-0.1, -0.05) is 53.7 Å². The molecule has 1 aromatic carbocycles. The van der Waals surface area contributed by atoms with Gasteiger partial charge in [0, 0.05) is 24.8 Å². The van der Waals surface area contributed by atoms with E-state index >= 15 is 0 Å². The molecular weight excluding hydrogens is 282 g/mol. The van der Waals surface area contributed by atoms with Crippen molar-refractivity contribution in [3.05, 3.63) is 28.8 Å². The number of likely N-dealkylation sites (N-methyl/N-ethyl adjacent to an activating group) is 1. The van der Waals surface area contributed by atoms with E-state index in [1.165, 1.54) is 24.9 Å². The maximum atomic E-state index is 10.9. The van der Waals surface area contributed by atoms with Crippen molar-refractivity contribution in [3.8, 4) is 5.75 Å².